The normalized spacial score (nSPS) is 17.5. The summed E-state index contributed by atoms with van der Waals surface area (Å²) in [7, 11) is 1.53. The molecular weight excluding hydrogens is 271 g/mol. The van der Waals surface area contributed by atoms with Gasteiger partial charge in [0.15, 0.2) is 0 Å². The molecule has 0 fully saturated rings. The summed E-state index contributed by atoms with van der Waals surface area (Å²) in [5.41, 5.74) is 2.94. The average Bonchev–Trinajstić information content (AvgIpc) is 2.46. The van der Waals surface area contributed by atoms with E-state index >= 15 is 0 Å². The molecule has 0 amide bonds. The number of ether oxygens (including phenoxy) is 1. The molecule has 0 radical (unpaired) electrons. The third-order valence-corrected chi connectivity index (χ3v) is 3.97. The van der Waals surface area contributed by atoms with Crippen LogP contribution in [0.1, 0.15) is 24.1 Å². The Hall–Kier alpha value is -2.30. The monoisotopic (exact) mass is 288 g/mol. The Bertz CT molecular complexity index is 675. The van der Waals surface area contributed by atoms with Crippen molar-refractivity contribution < 1.29 is 14.2 Å². The number of methoxy groups -OCH3 is 1. The molecule has 1 aliphatic heterocycles. The Morgan fingerprint density at radius 1 is 1.33 bits per heavy atom. The summed E-state index contributed by atoms with van der Waals surface area (Å²) in [5.74, 6) is 0.236. The Morgan fingerprint density at radius 3 is 2.90 bits per heavy atom. The number of aromatic nitrogens is 1. The second-order valence-electron chi connectivity index (χ2n) is 5.21. The standard InChI is InChI=1S/C16H17FN2O2/c1-10-15-9-18-16(20)5-11(15)3-4-19(10)13-6-12(17)7-14(8-13)21-2/h5-10H,3-4H2,1-2H3,(H,18,20). The Morgan fingerprint density at radius 2 is 2.14 bits per heavy atom. The second kappa shape index (κ2) is 5.24. The lowest BCUT2D eigenvalue weighted by atomic mass is 9.95. The van der Waals surface area contributed by atoms with E-state index in [0.29, 0.717) is 5.75 Å². The molecule has 1 N–H and O–H groups in total. The summed E-state index contributed by atoms with van der Waals surface area (Å²) in [6.45, 7) is 2.80. The molecule has 1 atom stereocenters. The van der Waals surface area contributed by atoms with Crippen molar-refractivity contribution in [2.75, 3.05) is 18.6 Å². The van der Waals surface area contributed by atoms with E-state index in [4.69, 9.17) is 4.74 Å². The molecule has 110 valence electrons. The van der Waals surface area contributed by atoms with E-state index in [1.165, 1.54) is 19.2 Å². The molecule has 1 aliphatic rings. The zero-order valence-corrected chi connectivity index (χ0v) is 12.0. The molecular formula is C16H17FN2O2. The van der Waals surface area contributed by atoms with E-state index in [9.17, 15) is 9.50 Å². The van der Waals surface area contributed by atoms with Gasteiger partial charge in [-0.25, -0.2) is 9.37 Å². The predicted molar refractivity (Wildman–Crippen MR) is 78.3 cm³/mol. The van der Waals surface area contributed by atoms with Gasteiger partial charge in [-0.05, 0) is 30.5 Å². The van der Waals surface area contributed by atoms with Crippen LogP contribution in [-0.2, 0) is 6.42 Å². The minimum absolute atomic E-state index is 0.0434. The number of anilines is 1. The second-order valence-corrected chi connectivity index (χ2v) is 5.21. The van der Waals surface area contributed by atoms with Gasteiger partial charge in [-0.15, -0.1) is 0 Å². The lowest BCUT2D eigenvalue weighted by Crippen LogP contribution is -2.34. The van der Waals surface area contributed by atoms with Crippen LogP contribution in [0.5, 0.6) is 11.6 Å². The van der Waals surface area contributed by atoms with Crippen LogP contribution < -0.4 is 9.64 Å². The van der Waals surface area contributed by atoms with Gasteiger partial charge in [0, 0.05) is 36.6 Å². The molecule has 0 saturated carbocycles. The van der Waals surface area contributed by atoms with E-state index < -0.39 is 0 Å². The topological polar surface area (TPSA) is 45.6 Å². The quantitative estimate of drug-likeness (QED) is 0.922. The predicted octanol–water partition coefficient (Wildman–Crippen LogP) is 3.06. The number of benzene rings is 1. The highest BCUT2D eigenvalue weighted by Gasteiger charge is 2.25. The molecule has 4 nitrogen and oxygen atoms in total. The minimum Gasteiger partial charge on any atom is -0.497 e. The van der Waals surface area contributed by atoms with Crippen LogP contribution in [0, 0.1) is 5.82 Å². The number of pyridine rings is 1. The van der Waals surface area contributed by atoms with Crippen LogP contribution in [0.4, 0.5) is 10.1 Å². The van der Waals surface area contributed by atoms with Crippen molar-refractivity contribution in [3.8, 4) is 11.6 Å². The van der Waals surface area contributed by atoms with Crippen LogP contribution in [-0.4, -0.2) is 23.7 Å². The molecule has 2 aromatic rings. The van der Waals surface area contributed by atoms with Gasteiger partial charge in [-0.1, -0.05) is 0 Å². The van der Waals surface area contributed by atoms with Crippen molar-refractivity contribution >= 4 is 5.69 Å². The first kappa shape index (κ1) is 13.7. The van der Waals surface area contributed by atoms with Gasteiger partial charge in [-0.3, -0.25) is 0 Å². The lowest BCUT2D eigenvalue weighted by molar-refractivity contribution is 0.411. The van der Waals surface area contributed by atoms with Gasteiger partial charge >= 0.3 is 0 Å². The van der Waals surface area contributed by atoms with Gasteiger partial charge in [0.1, 0.15) is 11.6 Å². The van der Waals surface area contributed by atoms with Crippen LogP contribution in [0.15, 0.2) is 30.5 Å². The third kappa shape index (κ3) is 2.51. The maximum atomic E-state index is 13.7. The zero-order chi connectivity index (χ0) is 15.0. The van der Waals surface area contributed by atoms with Crippen LogP contribution in [0.2, 0.25) is 0 Å². The molecule has 2 heterocycles. The fourth-order valence-corrected chi connectivity index (χ4v) is 2.87. The Labute approximate surface area is 122 Å². The number of hydrogen-bond donors (Lipinski definition) is 1. The first-order valence-corrected chi connectivity index (χ1v) is 6.87. The van der Waals surface area contributed by atoms with E-state index in [1.807, 2.05) is 13.0 Å². The van der Waals surface area contributed by atoms with Crippen LogP contribution in [0.25, 0.3) is 0 Å². The molecule has 1 aromatic carbocycles. The van der Waals surface area contributed by atoms with Crippen molar-refractivity contribution in [3.63, 3.8) is 0 Å². The van der Waals surface area contributed by atoms with Gasteiger partial charge < -0.3 is 14.7 Å². The fourth-order valence-electron chi connectivity index (χ4n) is 2.87. The molecule has 0 aliphatic carbocycles. The van der Waals surface area contributed by atoms with Gasteiger partial charge in [0.05, 0.1) is 13.2 Å². The molecule has 1 aromatic heterocycles. The van der Waals surface area contributed by atoms with Crippen molar-refractivity contribution in [3.05, 3.63) is 47.4 Å². The Balaban J connectivity index is 1.98. The smallest absolute Gasteiger partial charge is 0.210 e. The summed E-state index contributed by atoms with van der Waals surface area (Å²) in [6, 6.07) is 6.48. The zero-order valence-electron chi connectivity index (χ0n) is 12.0. The van der Waals surface area contributed by atoms with Crippen molar-refractivity contribution in [2.45, 2.75) is 19.4 Å². The van der Waals surface area contributed by atoms with Crippen molar-refractivity contribution in [1.82, 2.24) is 4.98 Å². The maximum absolute atomic E-state index is 13.7. The van der Waals surface area contributed by atoms with Crippen LogP contribution >= 0.6 is 0 Å². The highest BCUT2D eigenvalue weighted by atomic mass is 19.1. The molecule has 3 rings (SSSR count). The summed E-state index contributed by atoms with van der Waals surface area (Å²) in [4.78, 5) is 6.07. The number of rotatable bonds is 2. The SMILES string of the molecule is COc1cc(F)cc(N2CCc3cc(O)ncc3C2C)c1. The number of nitrogens with zero attached hydrogens (tertiary/aromatic N) is 2. The highest BCUT2D eigenvalue weighted by molar-refractivity contribution is 5.55. The molecule has 21 heavy (non-hydrogen) atoms. The van der Waals surface area contributed by atoms with E-state index in [-0.39, 0.29) is 17.7 Å². The molecule has 1 unspecified atom stereocenters. The average molecular weight is 288 g/mol. The number of fused-ring (bicyclic) bond motifs is 1. The third-order valence-electron chi connectivity index (χ3n) is 3.97. The fraction of sp³-hybridized carbons (Fsp3) is 0.312. The number of aromatic hydroxyl groups is 1. The summed E-state index contributed by atoms with van der Waals surface area (Å²) < 4.78 is 18.8. The largest absolute Gasteiger partial charge is 0.497 e. The molecule has 5 heteroatoms. The summed E-state index contributed by atoms with van der Waals surface area (Å²) in [5, 5.41) is 9.47. The van der Waals surface area contributed by atoms with E-state index in [0.717, 1.165) is 29.8 Å². The molecule has 0 saturated heterocycles. The maximum Gasteiger partial charge on any atom is 0.210 e. The van der Waals surface area contributed by atoms with Crippen molar-refractivity contribution in [2.24, 2.45) is 0 Å². The first-order chi connectivity index (χ1) is 10.1. The molecule has 0 bridgehead atoms. The van der Waals surface area contributed by atoms with Gasteiger partial charge in [0.25, 0.3) is 0 Å². The van der Waals surface area contributed by atoms with E-state index in [2.05, 4.69) is 9.88 Å². The Kier molecular flexibility index (Phi) is 3.41. The number of halogens is 1. The summed E-state index contributed by atoms with van der Waals surface area (Å²) >= 11 is 0. The molecule has 0 spiro atoms. The lowest BCUT2D eigenvalue weighted by Gasteiger charge is -2.37. The van der Waals surface area contributed by atoms with Gasteiger partial charge in [0.2, 0.25) is 5.88 Å². The van der Waals surface area contributed by atoms with Gasteiger partial charge in [-0.2, -0.15) is 0 Å². The minimum atomic E-state index is -0.314. The highest BCUT2D eigenvalue weighted by Crippen LogP contribution is 2.35. The number of hydrogen-bond acceptors (Lipinski definition) is 4. The van der Waals surface area contributed by atoms with Crippen LogP contribution in [0.3, 0.4) is 0 Å². The first-order valence-electron chi connectivity index (χ1n) is 6.87. The van der Waals surface area contributed by atoms with E-state index in [1.54, 1.807) is 12.3 Å². The summed E-state index contributed by atoms with van der Waals surface area (Å²) in [6.07, 6.45) is 2.48. The van der Waals surface area contributed by atoms with Crippen molar-refractivity contribution in [1.29, 1.82) is 0 Å².